The van der Waals surface area contributed by atoms with E-state index in [-0.39, 0.29) is 0 Å². The fraction of sp³-hybridized carbons (Fsp3) is 0.917. The van der Waals surface area contributed by atoms with Gasteiger partial charge in [0.05, 0.1) is 0 Å². The topological polar surface area (TPSA) is 12.4 Å². The van der Waals surface area contributed by atoms with Crippen molar-refractivity contribution >= 4 is 5.71 Å². The SMILES string of the molecule is CC/C(C)=N/CCCCC(C)CC. The normalized spacial score (nSPS) is 14.6. The summed E-state index contributed by atoms with van der Waals surface area (Å²) in [7, 11) is 0. The molecule has 0 spiro atoms. The molecule has 0 N–H and O–H groups in total. The Balaban J connectivity index is 3.26. The summed E-state index contributed by atoms with van der Waals surface area (Å²) in [5, 5.41) is 0. The van der Waals surface area contributed by atoms with E-state index < -0.39 is 0 Å². The Hall–Kier alpha value is -0.330. The second-order valence-corrected chi connectivity index (χ2v) is 3.98. The molecule has 0 aromatic rings. The average Bonchev–Trinajstić information content (AvgIpc) is 2.16. The fourth-order valence-electron chi connectivity index (χ4n) is 1.19. The predicted octanol–water partition coefficient (Wildman–Crippen LogP) is 4.07. The van der Waals surface area contributed by atoms with Crippen LogP contribution in [0.4, 0.5) is 0 Å². The van der Waals surface area contributed by atoms with Crippen molar-refractivity contribution in [2.24, 2.45) is 10.9 Å². The van der Waals surface area contributed by atoms with E-state index in [9.17, 15) is 0 Å². The van der Waals surface area contributed by atoms with Gasteiger partial charge in [-0.2, -0.15) is 0 Å². The van der Waals surface area contributed by atoms with Gasteiger partial charge in [0.2, 0.25) is 0 Å². The van der Waals surface area contributed by atoms with Gasteiger partial charge in [0.25, 0.3) is 0 Å². The van der Waals surface area contributed by atoms with Gasteiger partial charge in [0.1, 0.15) is 0 Å². The van der Waals surface area contributed by atoms with Gasteiger partial charge in [-0.25, -0.2) is 0 Å². The maximum absolute atomic E-state index is 4.48. The van der Waals surface area contributed by atoms with Crippen LogP contribution < -0.4 is 0 Å². The van der Waals surface area contributed by atoms with E-state index in [1.165, 1.54) is 31.4 Å². The van der Waals surface area contributed by atoms with Crippen LogP contribution in [-0.2, 0) is 0 Å². The van der Waals surface area contributed by atoms with Gasteiger partial charge in [0, 0.05) is 12.3 Å². The highest BCUT2D eigenvalue weighted by Gasteiger charge is 1.97. The van der Waals surface area contributed by atoms with Crippen LogP contribution in [0.5, 0.6) is 0 Å². The number of rotatable bonds is 7. The van der Waals surface area contributed by atoms with E-state index in [0.717, 1.165) is 18.9 Å². The van der Waals surface area contributed by atoms with Crippen molar-refractivity contribution in [1.29, 1.82) is 0 Å². The minimum absolute atomic E-state index is 0.899. The molecule has 13 heavy (non-hydrogen) atoms. The summed E-state index contributed by atoms with van der Waals surface area (Å²) < 4.78 is 0. The summed E-state index contributed by atoms with van der Waals surface area (Å²) in [5.74, 6) is 0.899. The van der Waals surface area contributed by atoms with E-state index in [1.54, 1.807) is 0 Å². The van der Waals surface area contributed by atoms with Gasteiger partial charge in [-0.15, -0.1) is 0 Å². The Labute approximate surface area is 83.6 Å². The average molecular weight is 183 g/mol. The minimum atomic E-state index is 0.899. The van der Waals surface area contributed by atoms with Gasteiger partial charge in [0.15, 0.2) is 0 Å². The van der Waals surface area contributed by atoms with Crippen LogP contribution in [-0.4, -0.2) is 12.3 Å². The first-order valence-electron chi connectivity index (χ1n) is 5.70. The Morgan fingerprint density at radius 1 is 1.23 bits per heavy atom. The molecule has 0 saturated carbocycles. The molecule has 78 valence electrons. The van der Waals surface area contributed by atoms with E-state index in [2.05, 4.69) is 32.7 Å². The number of nitrogens with zero attached hydrogens (tertiary/aromatic N) is 1. The largest absolute Gasteiger partial charge is 0.294 e. The van der Waals surface area contributed by atoms with Crippen LogP contribution >= 0.6 is 0 Å². The highest BCUT2D eigenvalue weighted by atomic mass is 14.7. The van der Waals surface area contributed by atoms with Crippen molar-refractivity contribution in [1.82, 2.24) is 0 Å². The molecule has 0 aliphatic rings. The van der Waals surface area contributed by atoms with Crippen LogP contribution in [0.3, 0.4) is 0 Å². The lowest BCUT2D eigenvalue weighted by Gasteiger charge is -2.06. The van der Waals surface area contributed by atoms with Crippen LogP contribution in [0.2, 0.25) is 0 Å². The lowest BCUT2D eigenvalue weighted by atomic mass is 10.0. The molecule has 0 aliphatic heterocycles. The molecule has 0 amide bonds. The quantitative estimate of drug-likeness (QED) is 0.416. The second kappa shape index (κ2) is 8.28. The van der Waals surface area contributed by atoms with Crippen molar-refractivity contribution < 1.29 is 0 Å². The molecular weight excluding hydrogens is 158 g/mol. The summed E-state index contributed by atoms with van der Waals surface area (Å²) in [5.41, 5.74) is 1.29. The number of hydrogen-bond donors (Lipinski definition) is 0. The van der Waals surface area contributed by atoms with E-state index in [1.807, 2.05) is 0 Å². The smallest absolute Gasteiger partial charge is 0.0388 e. The lowest BCUT2D eigenvalue weighted by molar-refractivity contribution is 0.487. The molecule has 0 fully saturated rings. The Bertz CT molecular complexity index is 138. The zero-order valence-corrected chi connectivity index (χ0v) is 9.77. The second-order valence-electron chi connectivity index (χ2n) is 3.98. The highest BCUT2D eigenvalue weighted by Crippen LogP contribution is 2.10. The monoisotopic (exact) mass is 183 g/mol. The van der Waals surface area contributed by atoms with Gasteiger partial charge in [-0.3, -0.25) is 4.99 Å². The third kappa shape index (κ3) is 8.01. The summed E-state index contributed by atoms with van der Waals surface area (Å²) in [4.78, 5) is 4.48. The molecule has 0 bridgehead atoms. The summed E-state index contributed by atoms with van der Waals surface area (Å²) in [6, 6.07) is 0. The van der Waals surface area contributed by atoms with Crippen molar-refractivity contribution in [3.63, 3.8) is 0 Å². The first-order chi connectivity index (χ1) is 6.20. The molecule has 0 saturated heterocycles. The van der Waals surface area contributed by atoms with Crippen molar-refractivity contribution in [3.05, 3.63) is 0 Å². The van der Waals surface area contributed by atoms with Gasteiger partial charge in [-0.1, -0.05) is 40.0 Å². The van der Waals surface area contributed by atoms with Crippen LogP contribution in [0.1, 0.15) is 59.8 Å². The van der Waals surface area contributed by atoms with E-state index in [4.69, 9.17) is 0 Å². The number of unbranched alkanes of at least 4 members (excludes halogenated alkanes) is 1. The van der Waals surface area contributed by atoms with Gasteiger partial charge >= 0.3 is 0 Å². The zero-order valence-electron chi connectivity index (χ0n) is 9.77. The van der Waals surface area contributed by atoms with Crippen LogP contribution in [0.15, 0.2) is 4.99 Å². The molecule has 1 atom stereocenters. The lowest BCUT2D eigenvalue weighted by Crippen LogP contribution is -1.94. The van der Waals surface area contributed by atoms with E-state index in [0.29, 0.717) is 0 Å². The van der Waals surface area contributed by atoms with Crippen molar-refractivity contribution in [2.45, 2.75) is 59.8 Å². The summed E-state index contributed by atoms with van der Waals surface area (Å²) >= 11 is 0. The standard InChI is InChI=1S/C12H25N/c1-5-11(3)9-7-8-10-13-12(4)6-2/h11H,5-10H2,1-4H3/b13-12+. The first-order valence-corrected chi connectivity index (χ1v) is 5.70. The molecule has 1 nitrogen and oxygen atoms in total. The summed E-state index contributed by atoms with van der Waals surface area (Å²) in [6.07, 6.45) is 6.40. The molecule has 1 unspecified atom stereocenters. The Morgan fingerprint density at radius 2 is 1.92 bits per heavy atom. The Kier molecular flexibility index (Phi) is 8.07. The van der Waals surface area contributed by atoms with Crippen LogP contribution in [0, 0.1) is 5.92 Å². The number of hydrogen-bond acceptors (Lipinski definition) is 1. The molecule has 0 aromatic carbocycles. The minimum Gasteiger partial charge on any atom is -0.294 e. The predicted molar refractivity (Wildman–Crippen MR) is 61.6 cm³/mol. The molecule has 0 heterocycles. The first kappa shape index (κ1) is 12.7. The maximum atomic E-state index is 4.48. The van der Waals surface area contributed by atoms with Crippen molar-refractivity contribution in [2.75, 3.05) is 6.54 Å². The fourth-order valence-corrected chi connectivity index (χ4v) is 1.19. The molecule has 0 aromatic heterocycles. The molecule has 1 heteroatoms. The maximum Gasteiger partial charge on any atom is 0.0388 e. The molecule has 0 radical (unpaired) electrons. The number of aliphatic imine (C=N–C) groups is 1. The molecule has 0 aliphatic carbocycles. The van der Waals surface area contributed by atoms with Crippen LogP contribution in [0.25, 0.3) is 0 Å². The van der Waals surface area contributed by atoms with Gasteiger partial charge < -0.3 is 0 Å². The highest BCUT2D eigenvalue weighted by molar-refractivity contribution is 5.81. The molecule has 0 rings (SSSR count). The van der Waals surface area contributed by atoms with Crippen molar-refractivity contribution in [3.8, 4) is 0 Å². The third-order valence-corrected chi connectivity index (χ3v) is 2.70. The summed E-state index contributed by atoms with van der Waals surface area (Å²) in [6.45, 7) is 9.92. The molecular formula is C12H25N. The van der Waals surface area contributed by atoms with Gasteiger partial charge in [-0.05, 0) is 25.7 Å². The third-order valence-electron chi connectivity index (χ3n) is 2.70. The Morgan fingerprint density at radius 3 is 2.46 bits per heavy atom. The zero-order chi connectivity index (χ0) is 10.1. The van der Waals surface area contributed by atoms with E-state index >= 15 is 0 Å².